The van der Waals surface area contributed by atoms with Gasteiger partial charge in [-0.05, 0) is 26.7 Å². The number of carbonyl (C=O) groups is 1. The number of carbonyl (C=O) groups excluding carboxylic acids is 1. The highest BCUT2D eigenvalue weighted by Gasteiger charge is 2.41. The molecule has 3 rings (SSSR count). The van der Waals surface area contributed by atoms with Crippen LogP contribution in [0.25, 0.3) is 0 Å². The van der Waals surface area contributed by atoms with Gasteiger partial charge < -0.3 is 5.32 Å². The lowest BCUT2D eigenvalue weighted by Crippen LogP contribution is -2.46. The Hall–Kier alpha value is -1.92. The molecule has 2 aromatic heterocycles. The Morgan fingerprint density at radius 2 is 2.18 bits per heavy atom. The van der Waals surface area contributed by atoms with Gasteiger partial charge in [0.15, 0.2) is 0 Å². The largest absolute Gasteiger partial charge is 0.354 e. The Balaban J connectivity index is 1.70. The number of alkyl halides is 2. The molecular weight excluding hydrogens is 412 g/mol. The van der Waals surface area contributed by atoms with Crippen LogP contribution in [-0.4, -0.2) is 52.5 Å². The van der Waals surface area contributed by atoms with Crippen LogP contribution in [0.5, 0.6) is 0 Å². The van der Waals surface area contributed by atoms with E-state index in [1.807, 2.05) is 12.3 Å². The van der Waals surface area contributed by atoms with Gasteiger partial charge in [-0.3, -0.25) is 4.79 Å². The molecule has 0 spiro atoms. The van der Waals surface area contributed by atoms with Crippen molar-refractivity contribution in [2.45, 2.75) is 50.6 Å². The number of hydrogen-bond donors (Lipinski definition) is 1. The minimum Gasteiger partial charge on any atom is -0.354 e. The van der Waals surface area contributed by atoms with Gasteiger partial charge in [0.05, 0.1) is 22.6 Å². The van der Waals surface area contributed by atoms with Crippen LogP contribution in [0.4, 0.5) is 8.78 Å². The number of sulfonamides is 1. The Bertz CT molecular complexity index is 957. The molecule has 1 amide bonds. The highest BCUT2D eigenvalue weighted by Crippen LogP contribution is 2.29. The SMILES string of the molecule is Cc1nc(CCNC(=O)C2CCCN2S(=O)(=O)c2cnn(C(F)F)c2C)cs1. The number of aryl methyl sites for hydroxylation is 1. The summed E-state index contributed by atoms with van der Waals surface area (Å²) in [5, 5.41) is 9.07. The number of halogens is 2. The van der Waals surface area contributed by atoms with Gasteiger partial charge in [-0.2, -0.15) is 18.2 Å². The summed E-state index contributed by atoms with van der Waals surface area (Å²) in [5.41, 5.74) is 0.716. The zero-order valence-corrected chi connectivity index (χ0v) is 17.1. The predicted octanol–water partition coefficient (Wildman–Crippen LogP) is 1.86. The number of aromatic nitrogens is 3. The minimum atomic E-state index is -4.10. The van der Waals surface area contributed by atoms with Gasteiger partial charge in [-0.15, -0.1) is 11.3 Å². The fourth-order valence-corrected chi connectivity index (χ4v) is 5.68. The quantitative estimate of drug-likeness (QED) is 0.719. The van der Waals surface area contributed by atoms with Crippen molar-refractivity contribution in [2.75, 3.05) is 13.1 Å². The van der Waals surface area contributed by atoms with Gasteiger partial charge in [0.2, 0.25) is 15.9 Å². The second-order valence-corrected chi connectivity index (χ2v) is 9.41. The van der Waals surface area contributed by atoms with E-state index in [1.165, 1.54) is 18.3 Å². The third-order valence-corrected chi connectivity index (χ3v) is 7.46. The molecule has 0 aromatic carbocycles. The maximum Gasteiger partial charge on any atom is 0.333 e. The lowest BCUT2D eigenvalue weighted by atomic mass is 10.2. The molecule has 12 heteroatoms. The molecule has 28 heavy (non-hydrogen) atoms. The molecule has 3 heterocycles. The van der Waals surface area contributed by atoms with Gasteiger partial charge in [0.1, 0.15) is 10.9 Å². The summed E-state index contributed by atoms with van der Waals surface area (Å²) in [5.74, 6) is -0.396. The van der Waals surface area contributed by atoms with Crippen molar-refractivity contribution in [3.63, 3.8) is 0 Å². The second kappa shape index (κ2) is 8.21. The standard InChI is InChI=1S/C16H21F2N5O3S2/c1-10-14(8-20-23(10)16(17)18)28(25,26)22-7-3-4-13(22)15(24)19-6-5-12-9-27-11(2)21-12/h8-9,13,16H,3-7H2,1-2H3,(H,19,24). The van der Waals surface area contributed by atoms with E-state index in [1.54, 1.807) is 0 Å². The van der Waals surface area contributed by atoms with Crippen molar-refractivity contribution in [3.05, 3.63) is 28.0 Å². The van der Waals surface area contributed by atoms with Crippen LogP contribution < -0.4 is 5.32 Å². The molecule has 0 aliphatic carbocycles. The van der Waals surface area contributed by atoms with E-state index >= 15 is 0 Å². The first-order chi connectivity index (χ1) is 13.2. The van der Waals surface area contributed by atoms with E-state index in [9.17, 15) is 22.0 Å². The third kappa shape index (κ3) is 4.08. The molecule has 1 aliphatic heterocycles. The number of thiazole rings is 1. The van der Waals surface area contributed by atoms with Gasteiger partial charge in [-0.1, -0.05) is 0 Å². The molecule has 1 saturated heterocycles. The van der Waals surface area contributed by atoms with E-state index in [-0.39, 0.29) is 17.1 Å². The molecule has 2 aromatic rings. The Morgan fingerprint density at radius 1 is 1.43 bits per heavy atom. The van der Waals surface area contributed by atoms with E-state index in [0.29, 0.717) is 30.5 Å². The van der Waals surface area contributed by atoms with Gasteiger partial charge in [-0.25, -0.2) is 18.1 Å². The zero-order valence-electron chi connectivity index (χ0n) is 15.4. The van der Waals surface area contributed by atoms with Crippen LogP contribution in [0.2, 0.25) is 0 Å². The predicted molar refractivity (Wildman–Crippen MR) is 98.7 cm³/mol. The van der Waals surface area contributed by atoms with Gasteiger partial charge in [0.25, 0.3) is 0 Å². The van der Waals surface area contributed by atoms with Crippen molar-refractivity contribution in [2.24, 2.45) is 0 Å². The molecule has 1 atom stereocenters. The fourth-order valence-electron chi connectivity index (χ4n) is 3.23. The Kier molecular flexibility index (Phi) is 6.10. The average Bonchev–Trinajstić information content (AvgIpc) is 3.34. The van der Waals surface area contributed by atoms with Crippen molar-refractivity contribution in [1.82, 2.24) is 24.4 Å². The number of nitrogens with zero attached hydrogens (tertiary/aromatic N) is 4. The summed E-state index contributed by atoms with van der Waals surface area (Å²) in [6.45, 7) is 0.731. The topological polar surface area (TPSA) is 97.2 Å². The summed E-state index contributed by atoms with van der Waals surface area (Å²) in [6, 6.07) is -0.864. The van der Waals surface area contributed by atoms with E-state index < -0.39 is 28.5 Å². The molecule has 0 radical (unpaired) electrons. The smallest absolute Gasteiger partial charge is 0.333 e. The van der Waals surface area contributed by atoms with Gasteiger partial charge in [0, 0.05) is 24.9 Å². The molecule has 1 fully saturated rings. The van der Waals surface area contributed by atoms with Crippen LogP contribution in [0, 0.1) is 13.8 Å². The molecule has 0 saturated carbocycles. The van der Waals surface area contributed by atoms with Crippen LogP contribution >= 0.6 is 11.3 Å². The Labute approximate surface area is 165 Å². The maximum atomic E-state index is 12.9. The van der Waals surface area contributed by atoms with Crippen LogP contribution in [-0.2, 0) is 21.2 Å². The zero-order chi connectivity index (χ0) is 20.5. The van der Waals surface area contributed by atoms with Crippen molar-refractivity contribution < 1.29 is 22.0 Å². The van der Waals surface area contributed by atoms with E-state index in [0.717, 1.165) is 21.2 Å². The molecule has 1 aliphatic rings. The fraction of sp³-hybridized carbons (Fsp3) is 0.562. The number of amides is 1. The highest BCUT2D eigenvalue weighted by molar-refractivity contribution is 7.89. The number of hydrogen-bond acceptors (Lipinski definition) is 6. The lowest BCUT2D eigenvalue weighted by Gasteiger charge is -2.23. The van der Waals surface area contributed by atoms with Crippen LogP contribution in [0.3, 0.4) is 0 Å². The Morgan fingerprint density at radius 3 is 2.79 bits per heavy atom. The van der Waals surface area contributed by atoms with Crippen LogP contribution in [0.1, 0.15) is 35.8 Å². The van der Waals surface area contributed by atoms with Crippen molar-refractivity contribution >= 4 is 27.3 Å². The van der Waals surface area contributed by atoms with Crippen molar-refractivity contribution in [3.8, 4) is 0 Å². The van der Waals surface area contributed by atoms with Gasteiger partial charge >= 0.3 is 6.55 Å². The first-order valence-corrected chi connectivity index (χ1v) is 11.1. The molecule has 1 unspecified atom stereocenters. The summed E-state index contributed by atoms with van der Waals surface area (Å²) < 4.78 is 53.2. The summed E-state index contributed by atoms with van der Waals surface area (Å²) in [6.07, 6.45) is 2.36. The molecular formula is C16H21F2N5O3S2. The molecule has 1 N–H and O–H groups in total. The molecule has 0 bridgehead atoms. The van der Waals surface area contributed by atoms with E-state index in [2.05, 4.69) is 15.4 Å². The molecule has 154 valence electrons. The maximum absolute atomic E-state index is 12.9. The first kappa shape index (κ1) is 20.8. The summed E-state index contributed by atoms with van der Waals surface area (Å²) in [7, 11) is -4.10. The number of rotatable bonds is 7. The van der Waals surface area contributed by atoms with Crippen LogP contribution in [0.15, 0.2) is 16.5 Å². The highest BCUT2D eigenvalue weighted by atomic mass is 32.2. The molecule has 8 nitrogen and oxygen atoms in total. The van der Waals surface area contributed by atoms with Crippen molar-refractivity contribution in [1.29, 1.82) is 0 Å². The average molecular weight is 434 g/mol. The third-order valence-electron chi connectivity index (χ3n) is 4.62. The monoisotopic (exact) mass is 433 g/mol. The first-order valence-electron chi connectivity index (χ1n) is 8.74. The van der Waals surface area contributed by atoms with E-state index in [4.69, 9.17) is 0 Å². The lowest BCUT2D eigenvalue weighted by molar-refractivity contribution is -0.124. The second-order valence-electron chi connectivity index (χ2n) is 6.49. The summed E-state index contributed by atoms with van der Waals surface area (Å²) in [4.78, 5) is 16.6. The minimum absolute atomic E-state index is 0.153. The number of nitrogens with one attached hydrogen (secondary N) is 1. The normalized spacial score (nSPS) is 18.1. The summed E-state index contributed by atoms with van der Waals surface area (Å²) >= 11 is 1.52.